The van der Waals surface area contributed by atoms with Gasteiger partial charge in [-0.1, -0.05) is 0 Å². The fourth-order valence-electron chi connectivity index (χ4n) is 1.81. The second kappa shape index (κ2) is 3.83. The molecular formula is C11H15O2. The van der Waals surface area contributed by atoms with Crippen LogP contribution in [0.15, 0.2) is 0 Å². The van der Waals surface area contributed by atoms with Crippen LogP contribution in [0.2, 0.25) is 0 Å². The number of hydrogen-bond donors (Lipinski definition) is 1. The van der Waals surface area contributed by atoms with Crippen LogP contribution in [0.25, 0.3) is 0 Å². The van der Waals surface area contributed by atoms with E-state index in [9.17, 15) is 4.79 Å². The summed E-state index contributed by atoms with van der Waals surface area (Å²) in [6.07, 6.45) is 9.11. The smallest absolute Gasteiger partial charge is 0.309 e. The van der Waals surface area contributed by atoms with E-state index in [-0.39, 0.29) is 0 Å². The van der Waals surface area contributed by atoms with Gasteiger partial charge in [0.25, 0.3) is 0 Å². The Morgan fingerprint density at radius 2 is 2.15 bits per heavy atom. The van der Waals surface area contributed by atoms with Crippen molar-refractivity contribution in [2.24, 2.45) is 11.3 Å². The molecule has 1 aliphatic rings. The van der Waals surface area contributed by atoms with Gasteiger partial charge in [-0.05, 0) is 38.5 Å². The zero-order valence-electron chi connectivity index (χ0n) is 7.75. The number of carbonyl (C=O) groups is 1. The molecule has 0 aliphatic heterocycles. The molecule has 1 saturated carbocycles. The van der Waals surface area contributed by atoms with Crippen LogP contribution in [0.5, 0.6) is 0 Å². The minimum atomic E-state index is -0.772. The number of aliphatic carboxylic acids is 1. The lowest BCUT2D eigenvalue weighted by Gasteiger charge is -2.32. The van der Waals surface area contributed by atoms with E-state index in [2.05, 4.69) is 12.8 Å². The van der Waals surface area contributed by atoms with E-state index in [4.69, 9.17) is 11.5 Å². The van der Waals surface area contributed by atoms with Crippen molar-refractivity contribution < 1.29 is 9.90 Å². The average molecular weight is 179 g/mol. The maximum atomic E-state index is 10.8. The molecule has 0 aromatic heterocycles. The maximum absolute atomic E-state index is 10.8. The van der Waals surface area contributed by atoms with Gasteiger partial charge in [0.15, 0.2) is 0 Å². The summed E-state index contributed by atoms with van der Waals surface area (Å²) in [5.41, 5.74) is -0.745. The Labute approximate surface area is 79.3 Å². The molecule has 0 heterocycles. The number of hydrogen-bond acceptors (Lipinski definition) is 1. The number of terminal acetylenes is 1. The molecule has 1 fully saturated rings. The average Bonchev–Trinajstić information content (AvgIpc) is 2.09. The molecule has 1 radical (unpaired) electrons. The van der Waals surface area contributed by atoms with Crippen molar-refractivity contribution in [1.29, 1.82) is 0 Å². The van der Waals surface area contributed by atoms with E-state index in [1.807, 2.05) is 0 Å². The Morgan fingerprint density at radius 1 is 1.62 bits per heavy atom. The van der Waals surface area contributed by atoms with Crippen molar-refractivity contribution in [3.05, 3.63) is 6.92 Å². The summed E-state index contributed by atoms with van der Waals surface area (Å²) in [4.78, 5) is 10.8. The van der Waals surface area contributed by atoms with Gasteiger partial charge in [0.2, 0.25) is 0 Å². The van der Waals surface area contributed by atoms with E-state index >= 15 is 0 Å². The minimum Gasteiger partial charge on any atom is -0.481 e. The lowest BCUT2D eigenvalue weighted by atomic mass is 9.71. The molecule has 0 aromatic rings. The third kappa shape index (κ3) is 2.24. The molecular weight excluding hydrogens is 164 g/mol. The third-order valence-electron chi connectivity index (χ3n) is 2.92. The highest BCUT2D eigenvalue weighted by Gasteiger charge is 2.37. The normalized spacial score (nSPS) is 33.7. The first-order valence-corrected chi connectivity index (χ1v) is 4.61. The quantitative estimate of drug-likeness (QED) is 0.659. The minimum absolute atomic E-state index is 0.513. The highest BCUT2D eigenvalue weighted by Crippen LogP contribution is 2.39. The summed E-state index contributed by atoms with van der Waals surface area (Å²) in [7, 11) is 0. The van der Waals surface area contributed by atoms with Crippen molar-refractivity contribution in [3.63, 3.8) is 0 Å². The Kier molecular flexibility index (Phi) is 2.98. The predicted octanol–water partition coefficient (Wildman–Crippen LogP) is 2.10. The molecule has 0 bridgehead atoms. The van der Waals surface area contributed by atoms with Gasteiger partial charge < -0.3 is 5.11 Å². The molecule has 0 unspecified atom stereocenters. The van der Waals surface area contributed by atoms with E-state index in [0.29, 0.717) is 18.8 Å². The van der Waals surface area contributed by atoms with Crippen LogP contribution in [-0.2, 0) is 4.79 Å². The lowest BCUT2D eigenvalue weighted by molar-refractivity contribution is -0.148. The Hall–Kier alpha value is -0.970. The molecule has 1 N–H and O–H groups in total. The van der Waals surface area contributed by atoms with Gasteiger partial charge in [-0.15, -0.1) is 12.3 Å². The fourth-order valence-corrected chi connectivity index (χ4v) is 1.81. The predicted molar refractivity (Wildman–Crippen MR) is 50.8 cm³/mol. The number of rotatable bonds is 2. The van der Waals surface area contributed by atoms with Crippen LogP contribution in [0.4, 0.5) is 0 Å². The van der Waals surface area contributed by atoms with E-state index < -0.39 is 11.4 Å². The summed E-state index contributed by atoms with van der Waals surface area (Å²) >= 11 is 0. The monoisotopic (exact) mass is 179 g/mol. The fraction of sp³-hybridized carbons (Fsp3) is 0.636. The molecule has 0 spiro atoms. The van der Waals surface area contributed by atoms with Crippen LogP contribution < -0.4 is 0 Å². The van der Waals surface area contributed by atoms with Gasteiger partial charge >= 0.3 is 5.97 Å². The van der Waals surface area contributed by atoms with Crippen LogP contribution in [0.1, 0.15) is 32.1 Å². The molecule has 1 rings (SSSR count). The van der Waals surface area contributed by atoms with Crippen molar-refractivity contribution >= 4 is 5.97 Å². The second-order valence-electron chi connectivity index (χ2n) is 3.94. The van der Waals surface area contributed by atoms with Crippen molar-refractivity contribution in [3.8, 4) is 12.3 Å². The first kappa shape index (κ1) is 10.1. The lowest BCUT2D eigenvalue weighted by Crippen LogP contribution is -2.32. The zero-order valence-corrected chi connectivity index (χ0v) is 7.75. The molecule has 2 heteroatoms. The van der Waals surface area contributed by atoms with Crippen LogP contribution in [-0.4, -0.2) is 11.1 Å². The van der Waals surface area contributed by atoms with Gasteiger partial charge in [0.1, 0.15) is 0 Å². The van der Waals surface area contributed by atoms with Crippen molar-refractivity contribution in [2.75, 3.05) is 0 Å². The molecule has 0 amide bonds. The highest BCUT2D eigenvalue weighted by atomic mass is 16.4. The summed E-state index contributed by atoms with van der Waals surface area (Å²) in [5.74, 6) is 2.37. The van der Waals surface area contributed by atoms with Gasteiger partial charge in [0, 0.05) is 6.42 Å². The second-order valence-corrected chi connectivity index (χ2v) is 3.94. The van der Waals surface area contributed by atoms with Crippen LogP contribution >= 0.6 is 0 Å². The summed E-state index contributed by atoms with van der Waals surface area (Å²) < 4.78 is 0. The Bertz CT molecular complexity index is 229. The van der Waals surface area contributed by atoms with Crippen molar-refractivity contribution in [2.45, 2.75) is 32.1 Å². The largest absolute Gasteiger partial charge is 0.481 e. The van der Waals surface area contributed by atoms with Crippen LogP contribution in [0, 0.1) is 30.6 Å². The zero-order chi connectivity index (χ0) is 9.90. The first-order valence-electron chi connectivity index (χ1n) is 4.61. The summed E-state index contributed by atoms with van der Waals surface area (Å²) in [5, 5.41) is 8.91. The SMILES string of the molecule is C#CCC1CCC([CH2])(C(=O)O)CC1. The molecule has 0 atom stereocenters. The first-order chi connectivity index (χ1) is 6.08. The third-order valence-corrected chi connectivity index (χ3v) is 2.92. The van der Waals surface area contributed by atoms with E-state index in [0.717, 1.165) is 19.3 Å². The van der Waals surface area contributed by atoms with Crippen LogP contribution in [0.3, 0.4) is 0 Å². The van der Waals surface area contributed by atoms with Gasteiger partial charge in [-0.3, -0.25) is 4.79 Å². The van der Waals surface area contributed by atoms with Gasteiger partial charge in [0.05, 0.1) is 5.41 Å². The van der Waals surface area contributed by atoms with Gasteiger partial charge in [-0.2, -0.15) is 0 Å². The molecule has 71 valence electrons. The summed E-state index contributed by atoms with van der Waals surface area (Å²) in [6.45, 7) is 3.77. The Morgan fingerprint density at radius 3 is 2.54 bits per heavy atom. The maximum Gasteiger partial charge on any atom is 0.309 e. The summed E-state index contributed by atoms with van der Waals surface area (Å²) in [6, 6.07) is 0. The molecule has 0 saturated heterocycles. The van der Waals surface area contributed by atoms with E-state index in [1.54, 1.807) is 0 Å². The number of carboxylic acids is 1. The van der Waals surface area contributed by atoms with E-state index in [1.165, 1.54) is 0 Å². The molecule has 2 nitrogen and oxygen atoms in total. The molecule has 0 aromatic carbocycles. The molecule has 1 aliphatic carbocycles. The highest BCUT2D eigenvalue weighted by molar-refractivity contribution is 5.75. The Balaban J connectivity index is 2.48. The van der Waals surface area contributed by atoms with Crippen molar-refractivity contribution in [1.82, 2.24) is 0 Å². The number of carboxylic acid groups (broad SMARTS) is 1. The van der Waals surface area contributed by atoms with Gasteiger partial charge in [-0.25, -0.2) is 0 Å². The molecule has 13 heavy (non-hydrogen) atoms. The standard InChI is InChI=1S/C11H15O2/c1-3-4-9-5-7-11(2,8-6-9)10(12)13/h1,9H,2,4-8H2,(H,12,13). The topological polar surface area (TPSA) is 37.3 Å².